The number of nitrogens with one attached hydrogen (secondary N) is 1. The van der Waals surface area contributed by atoms with Crippen LogP contribution in [0.2, 0.25) is 5.02 Å². The Balaban J connectivity index is 1.97. The molecule has 0 aliphatic rings. The quantitative estimate of drug-likeness (QED) is 0.708. The summed E-state index contributed by atoms with van der Waals surface area (Å²) in [5.41, 5.74) is 8.14. The van der Waals surface area contributed by atoms with Gasteiger partial charge < -0.3 is 11.1 Å². The van der Waals surface area contributed by atoms with Crippen molar-refractivity contribution in [2.45, 2.75) is 19.8 Å². The fourth-order valence-electron chi connectivity index (χ4n) is 2.24. The van der Waals surface area contributed by atoms with E-state index in [0.717, 1.165) is 15.9 Å². The number of nitrogen functional groups attached to an aromatic ring is 1. The summed E-state index contributed by atoms with van der Waals surface area (Å²) < 4.78 is 0. The number of hydrogen-bond acceptors (Lipinski definition) is 4. The van der Waals surface area contributed by atoms with Crippen molar-refractivity contribution in [1.29, 1.82) is 0 Å². The van der Waals surface area contributed by atoms with Gasteiger partial charge in [0.2, 0.25) is 0 Å². The Morgan fingerprint density at radius 2 is 2.00 bits per heavy atom. The van der Waals surface area contributed by atoms with Gasteiger partial charge in [0.25, 0.3) is 5.91 Å². The van der Waals surface area contributed by atoms with E-state index in [1.54, 1.807) is 12.1 Å². The number of para-hydroxylation sites is 1. The van der Waals surface area contributed by atoms with Crippen molar-refractivity contribution in [2.75, 3.05) is 11.1 Å². The third kappa shape index (κ3) is 3.02. The third-order valence-corrected chi connectivity index (χ3v) is 4.98. The van der Waals surface area contributed by atoms with Crippen LogP contribution >= 0.6 is 22.9 Å². The summed E-state index contributed by atoms with van der Waals surface area (Å²) in [7, 11) is 0. The molecular weight excluding hydrogens is 330 g/mol. The number of hydrogen-bond donors (Lipinski definition) is 2. The molecule has 6 heteroatoms. The van der Waals surface area contributed by atoms with E-state index in [4.69, 9.17) is 17.3 Å². The molecule has 2 heterocycles. The number of nitrogens with zero attached hydrogens (tertiary/aromatic N) is 1. The van der Waals surface area contributed by atoms with Gasteiger partial charge in [0.05, 0.1) is 16.4 Å². The molecule has 118 valence electrons. The minimum atomic E-state index is -0.273. The summed E-state index contributed by atoms with van der Waals surface area (Å²) in [6, 6.07) is 11.0. The predicted molar refractivity (Wildman–Crippen MR) is 97.5 cm³/mol. The monoisotopic (exact) mass is 345 g/mol. The van der Waals surface area contributed by atoms with E-state index >= 15 is 0 Å². The highest BCUT2D eigenvalue weighted by Crippen LogP contribution is 2.34. The first-order chi connectivity index (χ1) is 11.0. The average molecular weight is 346 g/mol. The molecule has 0 radical (unpaired) electrons. The number of pyridine rings is 1. The lowest BCUT2D eigenvalue weighted by molar-refractivity contribution is 0.103. The van der Waals surface area contributed by atoms with Crippen molar-refractivity contribution in [3.8, 4) is 0 Å². The van der Waals surface area contributed by atoms with Crippen LogP contribution in [-0.4, -0.2) is 10.9 Å². The molecule has 23 heavy (non-hydrogen) atoms. The number of fused-ring (bicyclic) bond motifs is 1. The number of benzene rings is 1. The first kappa shape index (κ1) is 15.8. The first-order valence-electron chi connectivity index (χ1n) is 7.22. The number of nitrogens with two attached hydrogens (primary N) is 1. The molecule has 3 aromatic rings. The Kier molecular flexibility index (Phi) is 4.24. The van der Waals surface area contributed by atoms with E-state index in [9.17, 15) is 4.79 Å². The summed E-state index contributed by atoms with van der Waals surface area (Å²) in [5, 5.41) is 4.09. The second-order valence-electron chi connectivity index (χ2n) is 5.52. The van der Waals surface area contributed by atoms with Gasteiger partial charge in [0.15, 0.2) is 0 Å². The molecule has 3 rings (SSSR count). The van der Waals surface area contributed by atoms with E-state index in [2.05, 4.69) is 24.1 Å². The Labute approximate surface area is 143 Å². The zero-order chi connectivity index (χ0) is 16.6. The Hall–Kier alpha value is -2.11. The molecule has 0 atom stereocenters. The predicted octanol–water partition coefficient (Wildman–Crippen LogP) is 4.91. The van der Waals surface area contributed by atoms with Gasteiger partial charge in [0.1, 0.15) is 9.71 Å². The minimum absolute atomic E-state index is 0.273. The van der Waals surface area contributed by atoms with Gasteiger partial charge in [0, 0.05) is 11.1 Å². The molecule has 2 aromatic heterocycles. The summed E-state index contributed by atoms with van der Waals surface area (Å²) in [5.74, 6) is 0.0489. The smallest absolute Gasteiger partial charge is 0.267 e. The van der Waals surface area contributed by atoms with Crippen LogP contribution < -0.4 is 11.1 Å². The topological polar surface area (TPSA) is 68.0 Å². The number of amides is 1. The number of halogens is 1. The summed E-state index contributed by atoms with van der Waals surface area (Å²) in [4.78, 5) is 18.3. The van der Waals surface area contributed by atoms with Gasteiger partial charge in [-0.15, -0.1) is 11.3 Å². The van der Waals surface area contributed by atoms with Crippen LogP contribution in [0.1, 0.15) is 35.1 Å². The molecule has 0 bridgehead atoms. The standard InChI is InChI=1S/C17H16ClN3OS/c1-9(2)12-8-7-10-14(19)15(23-17(10)21-12)16(22)20-13-6-4-3-5-11(13)18/h3-9H,19H2,1-2H3,(H,20,22). The van der Waals surface area contributed by atoms with Gasteiger partial charge >= 0.3 is 0 Å². The van der Waals surface area contributed by atoms with Crippen LogP contribution in [-0.2, 0) is 0 Å². The Morgan fingerprint density at radius 1 is 1.26 bits per heavy atom. The zero-order valence-electron chi connectivity index (χ0n) is 12.8. The second-order valence-corrected chi connectivity index (χ2v) is 6.93. The van der Waals surface area contributed by atoms with Crippen LogP contribution in [0.3, 0.4) is 0 Å². The van der Waals surface area contributed by atoms with E-state index in [0.29, 0.717) is 27.2 Å². The fourth-order valence-corrected chi connectivity index (χ4v) is 3.42. The molecule has 0 fully saturated rings. The van der Waals surface area contributed by atoms with Crippen LogP contribution in [0, 0.1) is 0 Å². The van der Waals surface area contributed by atoms with Crippen molar-refractivity contribution in [2.24, 2.45) is 0 Å². The van der Waals surface area contributed by atoms with Gasteiger partial charge in [-0.1, -0.05) is 37.6 Å². The van der Waals surface area contributed by atoms with Crippen molar-refractivity contribution in [1.82, 2.24) is 4.98 Å². The van der Waals surface area contributed by atoms with Gasteiger partial charge in [-0.2, -0.15) is 0 Å². The Morgan fingerprint density at radius 3 is 2.70 bits per heavy atom. The normalized spacial score (nSPS) is 11.1. The molecule has 1 amide bonds. The molecule has 0 spiro atoms. The van der Waals surface area contributed by atoms with Crippen LogP contribution in [0.5, 0.6) is 0 Å². The molecule has 0 aliphatic carbocycles. The summed E-state index contributed by atoms with van der Waals surface area (Å²) >= 11 is 7.37. The van der Waals surface area contributed by atoms with Crippen molar-refractivity contribution in [3.63, 3.8) is 0 Å². The molecule has 4 nitrogen and oxygen atoms in total. The third-order valence-electron chi connectivity index (χ3n) is 3.54. The molecule has 1 aromatic carbocycles. The molecule has 0 aliphatic heterocycles. The lowest BCUT2D eigenvalue weighted by Crippen LogP contribution is -2.12. The minimum Gasteiger partial charge on any atom is -0.397 e. The SMILES string of the molecule is CC(C)c1ccc2c(N)c(C(=O)Nc3ccccc3Cl)sc2n1. The number of carbonyl (C=O) groups is 1. The number of rotatable bonds is 3. The van der Waals surface area contributed by atoms with E-state index in [1.807, 2.05) is 24.3 Å². The second kappa shape index (κ2) is 6.18. The number of anilines is 2. The maximum atomic E-state index is 12.5. The number of carbonyl (C=O) groups excluding carboxylic acids is 1. The first-order valence-corrected chi connectivity index (χ1v) is 8.41. The fraction of sp³-hybridized carbons (Fsp3) is 0.176. The molecular formula is C17H16ClN3OS. The van der Waals surface area contributed by atoms with E-state index in [1.165, 1.54) is 11.3 Å². The summed E-state index contributed by atoms with van der Waals surface area (Å²) in [6.07, 6.45) is 0. The number of thiophene rings is 1. The maximum Gasteiger partial charge on any atom is 0.267 e. The lowest BCUT2D eigenvalue weighted by Gasteiger charge is -2.05. The highest BCUT2D eigenvalue weighted by atomic mass is 35.5. The Bertz CT molecular complexity index is 889. The van der Waals surface area contributed by atoms with E-state index < -0.39 is 0 Å². The zero-order valence-corrected chi connectivity index (χ0v) is 14.3. The highest BCUT2D eigenvalue weighted by molar-refractivity contribution is 7.21. The van der Waals surface area contributed by atoms with Crippen LogP contribution in [0.4, 0.5) is 11.4 Å². The van der Waals surface area contributed by atoms with Crippen LogP contribution in [0.25, 0.3) is 10.2 Å². The number of aromatic nitrogens is 1. The van der Waals surface area contributed by atoms with Gasteiger partial charge in [-0.3, -0.25) is 4.79 Å². The van der Waals surface area contributed by atoms with E-state index in [-0.39, 0.29) is 5.91 Å². The molecule has 3 N–H and O–H groups in total. The average Bonchev–Trinajstić information content (AvgIpc) is 2.86. The lowest BCUT2D eigenvalue weighted by atomic mass is 10.1. The van der Waals surface area contributed by atoms with Gasteiger partial charge in [-0.05, 0) is 30.2 Å². The molecule has 0 saturated carbocycles. The summed E-state index contributed by atoms with van der Waals surface area (Å²) in [6.45, 7) is 4.16. The highest BCUT2D eigenvalue weighted by Gasteiger charge is 2.18. The maximum absolute atomic E-state index is 12.5. The molecule has 0 unspecified atom stereocenters. The molecule has 0 saturated heterocycles. The van der Waals surface area contributed by atoms with Gasteiger partial charge in [-0.25, -0.2) is 4.98 Å². The van der Waals surface area contributed by atoms with Crippen molar-refractivity contribution < 1.29 is 4.79 Å². The van der Waals surface area contributed by atoms with Crippen LogP contribution in [0.15, 0.2) is 36.4 Å². The van der Waals surface area contributed by atoms with Crippen molar-refractivity contribution in [3.05, 3.63) is 52.0 Å². The van der Waals surface area contributed by atoms with Crippen molar-refractivity contribution >= 4 is 50.4 Å². The largest absolute Gasteiger partial charge is 0.397 e.